The zero-order valence-electron chi connectivity index (χ0n) is 15.4. The van der Waals surface area contributed by atoms with E-state index in [1.165, 1.54) is 24.5 Å². The molecular weight excluding hydrogens is 390 g/mol. The number of hydrogen-bond acceptors (Lipinski definition) is 8. The summed E-state index contributed by atoms with van der Waals surface area (Å²) in [6, 6.07) is 16.0. The molecule has 0 bridgehead atoms. The quantitative estimate of drug-likeness (QED) is 0.254. The molecule has 10 heteroatoms. The largest absolute Gasteiger partial charge is 0.466 e. The Bertz CT molecular complexity index is 1280. The Morgan fingerprint density at radius 3 is 2.70 bits per heavy atom. The molecule has 0 aliphatic carbocycles. The third kappa shape index (κ3) is 3.80. The first kappa shape index (κ1) is 19.0. The highest BCUT2D eigenvalue weighted by Gasteiger charge is 2.25. The van der Waals surface area contributed by atoms with E-state index in [9.17, 15) is 20.0 Å². The van der Waals surface area contributed by atoms with Crippen LogP contribution in [0.4, 0.5) is 11.4 Å². The summed E-state index contributed by atoms with van der Waals surface area (Å²) in [5.41, 5.74) is 2.85. The maximum atomic E-state index is 12.7. The molecule has 0 fully saturated rings. The molecule has 150 valence electrons. The van der Waals surface area contributed by atoms with E-state index in [2.05, 4.69) is 20.5 Å². The van der Waals surface area contributed by atoms with E-state index < -0.39 is 16.6 Å². The minimum Gasteiger partial charge on any atom is -0.466 e. The van der Waals surface area contributed by atoms with Crippen LogP contribution in [0, 0.1) is 10.1 Å². The predicted molar refractivity (Wildman–Crippen MR) is 109 cm³/mol. The second kappa shape index (κ2) is 7.97. The minimum absolute atomic E-state index is 0.0738. The molecule has 0 saturated heterocycles. The lowest BCUT2D eigenvalue weighted by molar-refractivity contribution is -0.384. The van der Waals surface area contributed by atoms with Crippen molar-refractivity contribution in [1.29, 1.82) is 0 Å². The Morgan fingerprint density at radius 1 is 1.20 bits per heavy atom. The molecule has 1 atom stereocenters. The number of para-hydroxylation sites is 1. The molecular formula is C20H15N5O5. The van der Waals surface area contributed by atoms with Gasteiger partial charge in [-0.1, -0.05) is 18.2 Å². The molecule has 10 nitrogen and oxygen atoms in total. The van der Waals surface area contributed by atoms with Crippen LogP contribution in [-0.4, -0.2) is 25.7 Å². The fourth-order valence-corrected chi connectivity index (χ4v) is 2.82. The highest BCUT2D eigenvalue weighted by Crippen LogP contribution is 2.21. The predicted octanol–water partition coefficient (Wildman–Crippen LogP) is 2.97. The molecule has 4 aromatic rings. The van der Waals surface area contributed by atoms with Crippen molar-refractivity contribution < 1.29 is 14.4 Å². The molecule has 0 aliphatic heterocycles. The Morgan fingerprint density at radius 2 is 2.00 bits per heavy atom. The van der Waals surface area contributed by atoms with Gasteiger partial charge in [-0.2, -0.15) is 5.10 Å². The van der Waals surface area contributed by atoms with Gasteiger partial charge in [0.25, 0.3) is 11.2 Å². The number of nitro groups is 1. The number of furan rings is 1. The molecule has 3 N–H and O–H groups in total. The summed E-state index contributed by atoms with van der Waals surface area (Å²) in [5, 5.41) is 25.9. The molecule has 1 unspecified atom stereocenters. The number of aliphatic hydroxyl groups is 1. The molecule has 30 heavy (non-hydrogen) atoms. The first-order valence-electron chi connectivity index (χ1n) is 8.82. The Labute approximate surface area is 168 Å². The van der Waals surface area contributed by atoms with Gasteiger partial charge in [0.2, 0.25) is 0 Å². The number of anilines is 1. The summed E-state index contributed by atoms with van der Waals surface area (Å²) in [7, 11) is 0. The van der Waals surface area contributed by atoms with Gasteiger partial charge in [0, 0.05) is 12.1 Å². The molecule has 0 spiro atoms. The van der Waals surface area contributed by atoms with Crippen molar-refractivity contribution in [1.82, 2.24) is 9.97 Å². The van der Waals surface area contributed by atoms with E-state index in [-0.39, 0.29) is 28.4 Å². The van der Waals surface area contributed by atoms with Gasteiger partial charge in [-0.05, 0) is 30.3 Å². The van der Waals surface area contributed by atoms with Gasteiger partial charge in [0.05, 0.1) is 27.9 Å². The number of H-pyrrole nitrogens is 1. The van der Waals surface area contributed by atoms with E-state index in [1.807, 2.05) is 6.07 Å². The fourth-order valence-electron chi connectivity index (χ4n) is 2.82. The van der Waals surface area contributed by atoms with Crippen molar-refractivity contribution in [3.8, 4) is 0 Å². The summed E-state index contributed by atoms with van der Waals surface area (Å²) in [6.07, 6.45) is 0.0122. The Kier molecular flexibility index (Phi) is 5.06. The van der Waals surface area contributed by atoms with Gasteiger partial charge in [-0.3, -0.25) is 20.3 Å². The third-order valence-electron chi connectivity index (χ3n) is 4.28. The molecule has 0 aliphatic rings. The number of aliphatic hydroxyl groups excluding tert-OH is 1. The van der Waals surface area contributed by atoms with Crippen LogP contribution in [0.5, 0.6) is 0 Å². The summed E-state index contributed by atoms with van der Waals surface area (Å²) in [6.45, 7) is 0. The third-order valence-corrected chi connectivity index (χ3v) is 4.28. The molecule has 0 radical (unpaired) electrons. The van der Waals surface area contributed by atoms with Gasteiger partial charge < -0.3 is 14.5 Å². The molecule has 4 rings (SSSR count). The molecule has 2 aromatic heterocycles. The number of hydrogen-bond donors (Lipinski definition) is 3. The number of nitro benzene ring substituents is 1. The van der Waals surface area contributed by atoms with Crippen LogP contribution in [0.3, 0.4) is 0 Å². The summed E-state index contributed by atoms with van der Waals surface area (Å²) >= 11 is 0. The number of nitrogens with zero attached hydrogens (tertiary/aromatic N) is 3. The highest BCUT2D eigenvalue weighted by atomic mass is 16.6. The highest BCUT2D eigenvalue weighted by molar-refractivity contribution is 6.03. The molecule has 0 saturated carbocycles. The number of nitrogens with one attached hydrogen (secondary N) is 2. The van der Waals surface area contributed by atoms with Crippen LogP contribution in [0.1, 0.15) is 17.6 Å². The number of fused-ring (bicyclic) bond motifs is 1. The van der Waals surface area contributed by atoms with Crippen molar-refractivity contribution in [3.05, 3.63) is 98.8 Å². The zero-order valence-corrected chi connectivity index (χ0v) is 15.4. The Hall–Kier alpha value is -4.31. The number of benzene rings is 2. The maximum absolute atomic E-state index is 12.7. The first-order valence-corrected chi connectivity index (χ1v) is 8.82. The van der Waals surface area contributed by atoms with Crippen LogP contribution < -0.4 is 11.0 Å². The van der Waals surface area contributed by atoms with Crippen molar-refractivity contribution >= 4 is 28.1 Å². The summed E-state index contributed by atoms with van der Waals surface area (Å²) in [4.78, 5) is 29.9. The van der Waals surface area contributed by atoms with Crippen LogP contribution >= 0.6 is 0 Å². The van der Waals surface area contributed by atoms with Gasteiger partial charge >= 0.3 is 0 Å². The number of hydrazone groups is 1. The molecule has 2 heterocycles. The Balaban J connectivity index is 1.82. The van der Waals surface area contributed by atoms with Crippen molar-refractivity contribution in [2.24, 2.45) is 5.10 Å². The van der Waals surface area contributed by atoms with Crippen molar-refractivity contribution in [3.63, 3.8) is 0 Å². The van der Waals surface area contributed by atoms with Gasteiger partial charge in [0.15, 0.2) is 11.8 Å². The summed E-state index contributed by atoms with van der Waals surface area (Å²) < 4.78 is 5.25. The van der Waals surface area contributed by atoms with E-state index >= 15 is 0 Å². The topological polar surface area (TPSA) is 147 Å². The minimum atomic E-state index is -1.37. The van der Waals surface area contributed by atoms with Gasteiger partial charge in [-0.15, -0.1) is 0 Å². The number of non-ortho nitro benzene ring substituents is 1. The van der Waals surface area contributed by atoms with E-state index in [1.54, 1.807) is 36.4 Å². The molecule has 2 aromatic carbocycles. The van der Waals surface area contributed by atoms with Crippen LogP contribution in [0.2, 0.25) is 0 Å². The lowest BCUT2D eigenvalue weighted by Gasteiger charge is -2.12. The van der Waals surface area contributed by atoms with E-state index in [4.69, 9.17) is 4.42 Å². The average molecular weight is 405 g/mol. The van der Waals surface area contributed by atoms with Crippen LogP contribution in [0.25, 0.3) is 11.0 Å². The summed E-state index contributed by atoms with van der Waals surface area (Å²) in [5.74, 6) is 0.175. The van der Waals surface area contributed by atoms with E-state index in [0.29, 0.717) is 11.2 Å². The smallest absolute Gasteiger partial charge is 0.276 e. The van der Waals surface area contributed by atoms with E-state index in [0.717, 1.165) is 0 Å². The lowest BCUT2D eigenvalue weighted by Crippen LogP contribution is -2.26. The second-order valence-electron chi connectivity index (χ2n) is 6.27. The number of rotatable bonds is 6. The average Bonchev–Trinajstić information content (AvgIpc) is 3.29. The van der Waals surface area contributed by atoms with Crippen molar-refractivity contribution in [2.45, 2.75) is 6.10 Å². The van der Waals surface area contributed by atoms with Crippen molar-refractivity contribution in [2.75, 3.05) is 5.43 Å². The fraction of sp³-hybridized carbons (Fsp3) is 0.0500. The zero-order chi connectivity index (χ0) is 21.1. The second-order valence-corrected chi connectivity index (χ2v) is 6.27. The number of aromatic nitrogens is 2. The first-order chi connectivity index (χ1) is 14.5. The maximum Gasteiger partial charge on any atom is 0.276 e. The lowest BCUT2D eigenvalue weighted by atomic mass is 10.1. The SMILES string of the molecule is O=c1[nH]c2cc([N+](=O)[O-])ccc2nc1C(=NNc1ccccc1)C(O)c1ccco1. The standard InChI is InChI=1S/C20H15N5O5/c26-19(16-7-4-10-30-16)17(24-23-12-5-2-1-3-6-12)18-20(27)22-15-11-13(25(28)29)8-9-14(15)21-18/h1-11,19,23,26H,(H,22,27). The monoisotopic (exact) mass is 405 g/mol. The normalized spacial score (nSPS) is 12.6. The number of aromatic amines is 1. The molecule has 0 amide bonds. The van der Waals surface area contributed by atoms with Crippen LogP contribution in [0.15, 0.2) is 81.2 Å². The van der Waals surface area contributed by atoms with Gasteiger partial charge in [-0.25, -0.2) is 4.98 Å². The van der Waals surface area contributed by atoms with Gasteiger partial charge in [0.1, 0.15) is 11.5 Å². The van der Waals surface area contributed by atoms with Crippen LogP contribution in [-0.2, 0) is 0 Å².